The molecular formula is C32H43NO2. The second kappa shape index (κ2) is 14.1. The van der Waals surface area contributed by atoms with Gasteiger partial charge in [-0.05, 0) is 91.7 Å². The maximum atomic E-state index is 12.8. The molecule has 0 radical (unpaired) electrons. The highest BCUT2D eigenvalue weighted by Gasteiger charge is 2.23. The average molecular weight is 474 g/mol. The molecule has 35 heavy (non-hydrogen) atoms. The quantitative estimate of drug-likeness (QED) is 0.175. The van der Waals surface area contributed by atoms with Gasteiger partial charge in [-0.1, -0.05) is 77.5 Å². The number of aryl methyl sites for hydroxylation is 1. The van der Waals surface area contributed by atoms with E-state index in [9.17, 15) is 10.1 Å². The van der Waals surface area contributed by atoms with Crippen molar-refractivity contribution < 1.29 is 9.53 Å². The first-order valence-electron chi connectivity index (χ1n) is 13.8. The van der Waals surface area contributed by atoms with Gasteiger partial charge in [0.15, 0.2) is 0 Å². The van der Waals surface area contributed by atoms with Crippen molar-refractivity contribution in [1.29, 1.82) is 5.26 Å². The molecule has 2 aromatic carbocycles. The first-order valence-corrected chi connectivity index (χ1v) is 13.8. The molecule has 188 valence electrons. The lowest BCUT2D eigenvalue weighted by molar-refractivity contribution is 0.0734. The van der Waals surface area contributed by atoms with Crippen LogP contribution in [0, 0.1) is 23.2 Å². The summed E-state index contributed by atoms with van der Waals surface area (Å²) in [4.78, 5) is 12.8. The molecule has 3 heteroatoms. The SMILES string of the molecule is CCCCCCCc1ccc(OC(=O)c2ccc(C3CCC(CCC(C)C)CC3)cc2)c(C#N)c1. The predicted molar refractivity (Wildman–Crippen MR) is 144 cm³/mol. The largest absolute Gasteiger partial charge is 0.422 e. The standard InChI is InChI=1S/C32H43NO2/c1-4-5-6-7-8-9-26-14-21-31(30(22-26)23-33)35-32(34)29-19-17-28(18-20-29)27-15-12-25(13-16-27)11-10-24(2)3/h14,17-22,24-25,27H,4-13,15-16H2,1-3H3. The van der Waals surface area contributed by atoms with Crippen LogP contribution in [0.3, 0.4) is 0 Å². The Hall–Kier alpha value is -2.60. The van der Waals surface area contributed by atoms with Gasteiger partial charge in [0.1, 0.15) is 11.8 Å². The van der Waals surface area contributed by atoms with Gasteiger partial charge in [0.05, 0.1) is 11.1 Å². The molecule has 0 aliphatic heterocycles. The number of hydrogen-bond donors (Lipinski definition) is 0. The highest BCUT2D eigenvalue weighted by molar-refractivity contribution is 5.91. The fourth-order valence-corrected chi connectivity index (χ4v) is 5.25. The van der Waals surface area contributed by atoms with Crippen LogP contribution in [-0.4, -0.2) is 5.97 Å². The minimum Gasteiger partial charge on any atom is -0.422 e. The number of nitrogens with zero attached hydrogens (tertiary/aromatic N) is 1. The summed E-state index contributed by atoms with van der Waals surface area (Å²) in [6.45, 7) is 6.84. The highest BCUT2D eigenvalue weighted by Crippen LogP contribution is 2.38. The average Bonchev–Trinajstić information content (AvgIpc) is 2.88. The van der Waals surface area contributed by atoms with Crippen LogP contribution < -0.4 is 4.74 Å². The van der Waals surface area contributed by atoms with Crippen molar-refractivity contribution in [2.45, 2.75) is 104 Å². The Balaban J connectivity index is 1.52. The third-order valence-corrected chi connectivity index (χ3v) is 7.55. The first-order chi connectivity index (χ1) is 17.0. The van der Waals surface area contributed by atoms with Crippen LogP contribution in [0.1, 0.15) is 124 Å². The molecule has 0 heterocycles. The molecule has 1 fully saturated rings. The summed E-state index contributed by atoms with van der Waals surface area (Å²) >= 11 is 0. The van der Waals surface area contributed by atoms with Gasteiger partial charge >= 0.3 is 5.97 Å². The van der Waals surface area contributed by atoms with E-state index in [1.165, 1.54) is 69.8 Å². The van der Waals surface area contributed by atoms with Crippen molar-refractivity contribution >= 4 is 5.97 Å². The predicted octanol–water partition coefficient (Wildman–Crippen LogP) is 9.00. The van der Waals surface area contributed by atoms with Crippen molar-refractivity contribution in [2.24, 2.45) is 11.8 Å². The summed E-state index contributed by atoms with van der Waals surface area (Å²) in [5.74, 6) is 2.20. The molecule has 3 nitrogen and oxygen atoms in total. The zero-order valence-electron chi connectivity index (χ0n) is 22.0. The Bertz CT molecular complexity index is 962. The molecule has 0 bridgehead atoms. The number of esters is 1. The number of hydrogen-bond acceptors (Lipinski definition) is 3. The van der Waals surface area contributed by atoms with Crippen LogP contribution in [0.25, 0.3) is 0 Å². The van der Waals surface area contributed by atoms with Gasteiger partial charge in [0.25, 0.3) is 0 Å². The van der Waals surface area contributed by atoms with Crippen LogP contribution in [0.4, 0.5) is 0 Å². The molecule has 1 saturated carbocycles. The Morgan fingerprint density at radius 3 is 2.37 bits per heavy atom. The van der Waals surface area contributed by atoms with Gasteiger partial charge in [0.2, 0.25) is 0 Å². The summed E-state index contributed by atoms with van der Waals surface area (Å²) in [6.07, 6.45) is 14.9. The second-order valence-corrected chi connectivity index (χ2v) is 10.8. The highest BCUT2D eigenvalue weighted by atomic mass is 16.5. The minimum absolute atomic E-state index is 0.344. The molecule has 2 aromatic rings. The lowest BCUT2D eigenvalue weighted by Gasteiger charge is -2.29. The van der Waals surface area contributed by atoms with Gasteiger partial charge in [-0.3, -0.25) is 0 Å². The molecule has 0 saturated heterocycles. The van der Waals surface area contributed by atoms with Gasteiger partial charge in [-0.25, -0.2) is 4.79 Å². The number of unbranched alkanes of at least 4 members (excludes halogenated alkanes) is 4. The second-order valence-electron chi connectivity index (χ2n) is 10.8. The van der Waals surface area contributed by atoms with Crippen LogP contribution in [0.5, 0.6) is 5.75 Å². The summed E-state index contributed by atoms with van der Waals surface area (Å²) in [7, 11) is 0. The fourth-order valence-electron chi connectivity index (χ4n) is 5.25. The number of carbonyl (C=O) groups excluding carboxylic acids is 1. The normalized spacial score (nSPS) is 17.8. The maximum Gasteiger partial charge on any atom is 0.343 e. The van der Waals surface area contributed by atoms with Crippen molar-refractivity contribution in [2.75, 3.05) is 0 Å². The Kier molecular flexibility index (Phi) is 10.9. The number of nitriles is 1. The van der Waals surface area contributed by atoms with Crippen molar-refractivity contribution in [3.05, 3.63) is 64.7 Å². The van der Waals surface area contributed by atoms with Crippen LogP contribution in [0.15, 0.2) is 42.5 Å². The van der Waals surface area contributed by atoms with E-state index in [0.717, 1.165) is 30.2 Å². The van der Waals surface area contributed by atoms with Gasteiger partial charge in [0, 0.05) is 0 Å². The van der Waals surface area contributed by atoms with Crippen molar-refractivity contribution in [1.82, 2.24) is 0 Å². The van der Waals surface area contributed by atoms with Crippen LogP contribution >= 0.6 is 0 Å². The van der Waals surface area contributed by atoms with Crippen LogP contribution in [-0.2, 0) is 6.42 Å². The summed E-state index contributed by atoms with van der Waals surface area (Å²) in [5, 5.41) is 9.59. The van der Waals surface area contributed by atoms with E-state index in [0.29, 0.717) is 22.8 Å². The van der Waals surface area contributed by atoms with Crippen LogP contribution in [0.2, 0.25) is 0 Å². The molecular weight excluding hydrogens is 430 g/mol. The van der Waals surface area contributed by atoms with E-state index in [2.05, 4.69) is 39.0 Å². The van der Waals surface area contributed by atoms with Gasteiger partial charge in [-0.15, -0.1) is 0 Å². The summed E-state index contributed by atoms with van der Waals surface area (Å²) in [5.41, 5.74) is 3.41. The number of ether oxygens (including phenoxy) is 1. The third kappa shape index (κ3) is 8.53. The Morgan fingerprint density at radius 1 is 1.00 bits per heavy atom. The van der Waals surface area contributed by atoms with E-state index >= 15 is 0 Å². The zero-order valence-corrected chi connectivity index (χ0v) is 22.0. The van der Waals surface area contributed by atoms with Gasteiger partial charge < -0.3 is 4.74 Å². The molecule has 1 aliphatic rings. The summed E-state index contributed by atoms with van der Waals surface area (Å²) < 4.78 is 5.62. The fraction of sp³-hybridized carbons (Fsp3) is 0.562. The molecule has 1 aliphatic carbocycles. The van der Waals surface area contributed by atoms with E-state index < -0.39 is 5.97 Å². The Morgan fingerprint density at radius 2 is 1.71 bits per heavy atom. The van der Waals surface area contributed by atoms with Gasteiger partial charge in [-0.2, -0.15) is 5.26 Å². The molecule has 0 unspecified atom stereocenters. The lowest BCUT2D eigenvalue weighted by atomic mass is 9.76. The molecule has 0 atom stereocenters. The smallest absolute Gasteiger partial charge is 0.343 e. The molecule has 0 N–H and O–H groups in total. The molecule has 0 spiro atoms. The topological polar surface area (TPSA) is 50.1 Å². The van der Waals surface area contributed by atoms with E-state index in [-0.39, 0.29) is 0 Å². The van der Waals surface area contributed by atoms with Crippen molar-refractivity contribution in [3.63, 3.8) is 0 Å². The lowest BCUT2D eigenvalue weighted by Crippen LogP contribution is -2.14. The number of rotatable bonds is 12. The first kappa shape index (κ1) is 27.0. The number of benzene rings is 2. The van der Waals surface area contributed by atoms with E-state index in [4.69, 9.17) is 4.74 Å². The number of carbonyl (C=O) groups is 1. The molecule has 0 amide bonds. The maximum absolute atomic E-state index is 12.8. The molecule has 3 rings (SSSR count). The third-order valence-electron chi connectivity index (χ3n) is 7.55. The van der Waals surface area contributed by atoms with E-state index in [1.54, 1.807) is 6.07 Å². The Labute approximate surface area is 212 Å². The van der Waals surface area contributed by atoms with E-state index in [1.807, 2.05) is 24.3 Å². The summed E-state index contributed by atoms with van der Waals surface area (Å²) in [6, 6.07) is 15.7. The van der Waals surface area contributed by atoms with Crippen molar-refractivity contribution in [3.8, 4) is 11.8 Å². The zero-order chi connectivity index (χ0) is 25.0. The monoisotopic (exact) mass is 473 g/mol. The minimum atomic E-state index is -0.405. The molecule has 0 aromatic heterocycles.